The third kappa shape index (κ3) is 5.98. The molecule has 1 N–H and O–H groups in total. The summed E-state index contributed by atoms with van der Waals surface area (Å²) in [5, 5.41) is 3.03. The molecule has 3 aromatic carbocycles. The number of rotatable bonds is 7. The van der Waals surface area contributed by atoms with Crippen LogP contribution in [0.5, 0.6) is 11.5 Å². The Morgan fingerprint density at radius 1 is 1.03 bits per heavy atom. The van der Waals surface area contributed by atoms with Gasteiger partial charge in [0.25, 0.3) is 11.8 Å². The van der Waals surface area contributed by atoms with Gasteiger partial charge < -0.3 is 9.47 Å². The number of nitrogens with zero attached hydrogens (tertiary/aromatic N) is 1. The van der Waals surface area contributed by atoms with Crippen LogP contribution in [-0.4, -0.2) is 24.5 Å². The van der Waals surface area contributed by atoms with Crippen LogP contribution in [0.25, 0.3) is 6.08 Å². The molecule has 4 rings (SSSR count). The molecule has 0 saturated carbocycles. The molecule has 190 valence electrons. The number of nitrogens with one attached hydrogen (secondary N) is 1. The Kier molecular flexibility index (Phi) is 8.22. The fourth-order valence-corrected chi connectivity index (χ4v) is 4.73. The number of urea groups is 1. The van der Waals surface area contributed by atoms with Gasteiger partial charge in [0.2, 0.25) is 0 Å². The fraction of sp³-hybridized carbons (Fsp3) is 0.148. The zero-order valence-electron chi connectivity index (χ0n) is 19.8. The molecule has 4 amide bonds. The first-order chi connectivity index (χ1) is 17.7. The lowest BCUT2D eigenvalue weighted by Crippen LogP contribution is -2.54. The largest absolute Gasteiger partial charge is 0.490 e. The Morgan fingerprint density at radius 3 is 2.51 bits per heavy atom. The molecule has 0 bridgehead atoms. The molecule has 3 aromatic rings. The molecule has 10 heteroatoms. The van der Waals surface area contributed by atoms with E-state index in [9.17, 15) is 14.4 Å². The van der Waals surface area contributed by atoms with Crippen molar-refractivity contribution < 1.29 is 23.9 Å². The van der Waals surface area contributed by atoms with Gasteiger partial charge in [-0.2, -0.15) is 0 Å². The van der Waals surface area contributed by atoms with Gasteiger partial charge in [0.05, 0.1) is 17.3 Å². The summed E-state index contributed by atoms with van der Waals surface area (Å²) in [5.41, 5.74) is 2.07. The van der Waals surface area contributed by atoms with Crippen molar-refractivity contribution in [2.75, 3.05) is 11.5 Å². The molecule has 0 unspecified atom stereocenters. The summed E-state index contributed by atoms with van der Waals surface area (Å²) in [6.07, 6.45) is 1.36. The van der Waals surface area contributed by atoms with Crippen molar-refractivity contribution in [1.29, 1.82) is 0 Å². The monoisotopic (exact) mass is 602 g/mol. The number of carbonyl (C=O) groups is 3. The van der Waals surface area contributed by atoms with E-state index >= 15 is 0 Å². The van der Waals surface area contributed by atoms with Crippen LogP contribution in [0.1, 0.15) is 23.6 Å². The minimum atomic E-state index is -0.824. The molecule has 1 fully saturated rings. The number of barbiturate groups is 1. The Hall–Kier alpha value is -3.33. The second-order valence-corrected chi connectivity index (χ2v) is 9.83. The highest BCUT2D eigenvalue weighted by atomic mass is 79.9. The number of hydrogen-bond donors (Lipinski definition) is 1. The molecule has 1 aliphatic heterocycles. The maximum Gasteiger partial charge on any atom is 0.335 e. The van der Waals surface area contributed by atoms with Gasteiger partial charge in [-0.1, -0.05) is 51.3 Å². The van der Waals surface area contributed by atoms with Crippen molar-refractivity contribution in [3.63, 3.8) is 0 Å². The Morgan fingerprint density at radius 2 is 1.81 bits per heavy atom. The van der Waals surface area contributed by atoms with E-state index in [1.807, 2.05) is 19.1 Å². The number of halogens is 3. The lowest BCUT2D eigenvalue weighted by molar-refractivity contribution is -0.122. The average molecular weight is 604 g/mol. The predicted molar refractivity (Wildman–Crippen MR) is 146 cm³/mol. The SMILES string of the molecule is CCOc1cc(/C=C2/C(=O)NC(=O)N(c3ccc(Br)cc3C)C2=O)cc(Cl)c1OCc1cccc(Cl)c1. The minimum Gasteiger partial charge on any atom is -0.490 e. The Balaban J connectivity index is 1.67. The number of imide groups is 2. The molecular weight excluding hydrogens is 583 g/mol. The van der Waals surface area contributed by atoms with E-state index in [1.165, 1.54) is 6.08 Å². The van der Waals surface area contributed by atoms with Crippen LogP contribution >= 0.6 is 39.1 Å². The van der Waals surface area contributed by atoms with E-state index in [-0.39, 0.29) is 17.2 Å². The first-order valence-corrected chi connectivity index (χ1v) is 12.7. The van der Waals surface area contributed by atoms with Gasteiger partial charge in [0, 0.05) is 9.50 Å². The smallest absolute Gasteiger partial charge is 0.335 e. The first-order valence-electron chi connectivity index (χ1n) is 11.2. The van der Waals surface area contributed by atoms with E-state index in [0.717, 1.165) is 14.9 Å². The summed E-state index contributed by atoms with van der Waals surface area (Å²) in [6, 6.07) is 14.7. The lowest BCUT2D eigenvalue weighted by Gasteiger charge is -2.27. The molecule has 0 radical (unpaired) electrons. The number of ether oxygens (including phenoxy) is 2. The maximum absolute atomic E-state index is 13.3. The zero-order chi connectivity index (χ0) is 26.7. The summed E-state index contributed by atoms with van der Waals surface area (Å²) in [6.45, 7) is 4.10. The molecule has 0 aliphatic carbocycles. The van der Waals surface area contributed by atoms with Crippen molar-refractivity contribution in [2.45, 2.75) is 20.5 Å². The second-order valence-electron chi connectivity index (χ2n) is 8.07. The van der Waals surface area contributed by atoms with E-state index in [1.54, 1.807) is 49.4 Å². The Labute approximate surface area is 232 Å². The van der Waals surface area contributed by atoms with Crippen LogP contribution in [0.15, 0.2) is 64.6 Å². The highest BCUT2D eigenvalue weighted by Gasteiger charge is 2.37. The molecule has 0 aromatic heterocycles. The van der Waals surface area contributed by atoms with E-state index < -0.39 is 17.8 Å². The summed E-state index contributed by atoms with van der Waals surface area (Å²) >= 11 is 15.9. The molecular formula is C27H21BrCl2N2O5. The van der Waals surface area contributed by atoms with Crippen molar-refractivity contribution in [2.24, 2.45) is 0 Å². The normalized spacial score (nSPS) is 14.7. The molecule has 37 heavy (non-hydrogen) atoms. The fourth-order valence-electron chi connectivity index (χ4n) is 3.77. The summed E-state index contributed by atoms with van der Waals surface area (Å²) in [4.78, 5) is 39.4. The molecule has 0 atom stereocenters. The van der Waals surface area contributed by atoms with Crippen LogP contribution in [0.3, 0.4) is 0 Å². The lowest BCUT2D eigenvalue weighted by atomic mass is 10.1. The molecule has 1 saturated heterocycles. The molecule has 1 heterocycles. The number of benzene rings is 3. The van der Waals surface area contributed by atoms with Gasteiger partial charge in [0.1, 0.15) is 12.2 Å². The summed E-state index contributed by atoms with van der Waals surface area (Å²) < 4.78 is 12.4. The van der Waals surface area contributed by atoms with Gasteiger partial charge in [0.15, 0.2) is 11.5 Å². The second kappa shape index (κ2) is 11.4. The molecule has 7 nitrogen and oxygen atoms in total. The summed E-state index contributed by atoms with van der Waals surface area (Å²) in [5.74, 6) is -0.914. The number of carbonyl (C=O) groups excluding carboxylic acids is 3. The van der Waals surface area contributed by atoms with Crippen molar-refractivity contribution in [3.05, 3.63) is 91.4 Å². The zero-order valence-corrected chi connectivity index (χ0v) is 22.9. The predicted octanol–water partition coefficient (Wildman–Crippen LogP) is 6.71. The number of aryl methyl sites for hydroxylation is 1. The van der Waals surface area contributed by atoms with Gasteiger partial charge in [-0.05, 0) is 79.1 Å². The van der Waals surface area contributed by atoms with Crippen LogP contribution in [-0.2, 0) is 16.2 Å². The van der Waals surface area contributed by atoms with Crippen LogP contribution in [0.2, 0.25) is 10.0 Å². The van der Waals surface area contributed by atoms with Gasteiger partial charge in [-0.25, -0.2) is 9.69 Å². The highest BCUT2D eigenvalue weighted by molar-refractivity contribution is 9.10. The number of hydrogen-bond acceptors (Lipinski definition) is 5. The van der Waals surface area contributed by atoms with Crippen molar-refractivity contribution in [1.82, 2.24) is 5.32 Å². The van der Waals surface area contributed by atoms with Crippen LogP contribution in [0, 0.1) is 6.92 Å². The van der Waals surface area contributed by atoms with E-state index in [0.29, 0.717) is 39.9 Å². The van der Waals surface area contributed by atoms with Crippen LogP contribution < -0.4 is 19.7 Å². The maximum atomic E-state index is 13.3. The minimum absolute atomic E-state index is 0.200. The number of amides is 4. The summed E-state index contributed by atoms with van der Waals surface area (Å²) in [7, 11) is 0. The van der Waals surface area contributed by atoms with E-state index in [2.05, 4.69) is 21.2 Å². The van der Waals surface area contributed by atoms with Crippen molar-refractivity contribution >= 4 is 68.7 Å². The van der Waals surface area contributed by atoms with Crippen molar-refractivity contribution in [3.8, 4) is 11.5 Å². The average Bonchev–Trinajstić information content (AvgIpc) is 2.83. The topological polar surface area (TPSA) is 84.9 Å². The van der Waals surface area contributed by atoms with Gasteiger partial charge in [-0.15, -0.1) is 0 Å². The third-order valence-electron chi connectivity index (χ3n) is 5.42. The Bertz CT molecular complexity index is 1440. The van der Waals surface area contributed by atoms with Gasteiger partial charge >= 0.3 is 6.03 Å². The third-order valence-corrected chi connectivity index (χ3v) is 6.43. The quantitative estimate of drug-likeness (QED) is 0.240. The van der Waals surface area contributed by atoms with Gasteiger partial charge in [-0.3, -0.25) is 14.9 Å². The standard InChI is InChI=1S/C27H21BrCl2N2O5/c1-3-36-23-13-17(12-21(30)24(23)37-14-16-5-4-6-19(29)10-16)11-20-25(33)31-27(35)32(26(20)34)22-8-7-18(28)9-15(22)2/h4-13H,3,14H2,1-2H3,(H,31,33,35)/b20-11-. The van der Waals surface area contributed by atoms with E-state index in [4.69, 9.17) is 32.7 Å². The first kappa shape index (κ1) is 26.7. The highest BCUT2D eigenvalue weighted by Crippen LogP contribution is 2.38. The number of anilines is 1. The van der Waals surface area contributed by atoms with Crippen LogP contribution in [0.4, 0.5) is 10.5 Å². The molecule has 0 spiro atoms. The molecule has 1 aliphatic rings.